The molecule has 0 unspecified atom stereocenters. The first-order valence-electron chi connectivity index (χ1n) is 6.27. The third-order valence-electron chi connectivity index (χ3n) is 2.64. The van der Waals surface area contributed by atoms with Crippen LogP contribution in [0, 0.1) is 13.8 Å². The van der Waals surface area contributed by atoms with E-state index in [1.165, 1.54) is 0 Å². The molecule has 2 N–H and O–H groups in total. The molecule has 0 atom stereocenters. The average Bonchev–Trinajstić information content (AvgIpc) is 2.24. The van der Waals surface area contributed by atoms with Crippen LogP contribution in [0.15, 0.2) is 17.0 Å². The van der Waals surface area contributed by atoms with Crippen molar-refractivity contribution in [2.45, 2.75) is 39.0 Å². The second-order valence-electron chi connectivity index (χ2n) is 4.37. The third-order valence-corrected chi connectivity index (χ3v) is 4.49. The Morgan fingerprint density at radius 1 is 1.11 bits per heavy atom. The molecule has 1 rings (SSSR count). The van der Waals surface area contributed by atoms with E-state index in [-0.39, 0.29) is 0 Å². The number of sulfonamides is 1. The van der Waals surface area contributed by atoms with E-state index in [1.807, 2.05) is 26.0 Å². The highest BCUT2D eigenvalue weighted by Crippen LogP contribution is 2.24. The number of benzene rings is 1. The smallest absolute Gasteiger partial charge is 0.241 e. The van der Waals surface area contributed by atoms with Crippen molar-refractivity contribution < 1.29 is 8.42 Å². The number of rotatable bonds is 6. The summed E-state index contributed by atoms with van der Waals surface area (Å²) in [7, 11) is -3.39. The maximum Gasteiger partial charge on any atom is 0.241 e. The minimum absolute atomic E-state index is 0.395. The molecular weight excluding hydrogens is 248 g/mol. The van der Waals surface area contributed by atoms with Crippen molar-refractivity contribution in [3.05, 3.63) is 23.3 Å². The van der Waals surface area contributed by atoms with Gasteiger partial charge in [-0.2, -0.15) is 0 Å². The van der Waals surface area contributed by atoms with E-state index < -0.39 is 10.0 Å². The highest BCUT2D eigenvalue weighted by molar-refractivity contribution is 7.89. The number of anilines is 1. The van der Waals surface area contributed by atoms with Gasteiger partial charge in [0.1, 0.15) is 0 Å². The minimum Gasteiger partial charge on any atom is -0.385 e. The van der Waals surface area contributed by atoms with E-state index >= 15 is 0 Å². The lowest BCUT2D eigenvalue weighted by atomic mass is 10.1. The first-order valence-corrected chi connectivity index (χ1v) is 7.75. The fourth-order valence-electron chi connectivity index (χ4n) is 2.01. The Labute approximate surface area is 110 Å². The van der Waals surface area contributed by atoms with Crippen LogP contribution in [0.3, 0.4) is 0 Å². The lowest BCUT2D eigenvalue weighted by Gasteiger charge is -2.14. The zero-order valence-corrected chi connectivity index (χ0v) is 12.3. The number of nitrogens with one attached hydrogen (secondary N) is 2. The van der Waals surface area contributed by atoms with Gasteiger partial charge in [-0.3, -0.25) is 0 Å². The third kappa shape index (κ3) is 3.46. The molecule has 0 aliphatic heterocycles. The van der Waals surface area contributed by atoms with Gasteiger partial charge in [0.15, 0.2) is 0 Å². The van der Waals surface area contributed by atoms with Gasteiger partial charge < -0.3 is 5.32 Å². The molecule has 0 aromatic heterocycles. The molecule has 0 radical (unpaired) electrons. The van der Waals surface area contributed by atoms with Crippen LogP contribution >= 0.6 is 0 Å². The van der Waals surface area contributed by atoms with E-state index in [0.717, 1.165) is 29.8 Å². The first kappa shape index (κ1) is 15.0. The summed E-state index contributed by atoms with van der Waals surface area (Å²) in [6.45, 7) is 8.81. The lowest BCUT2D eigenvalue weighted by molar-refractivity contribution is 0.582. The van der Waals surface area contributed by atoms with Crippen LogP contribution < -0.4 is 10.0 Å². The maximum absolute atomic E-state index is 12.1. The Kier molecular flexibility index (Phi) is 5.16. The standard InChI is InChI=1S/C13H22N2O2S/c1-5-7-14-12-8-10(3)13(11(4)9-12)18(16,17)15-6-2/h8-9,14-15H,5-7H2,1-4H3. The second kappa shape index (κ2) is 6.20. The van der Waals surface area contributed by atoms with Crippen molar-refractivity contribution in [3.63, 3.8) is 0 Å². The molecule has 5 heteroatoms. The summed E-state index contributed by atoms with van der Waals surface area (Å²) in [6.07, 6.45) is 1.04. The summed E-state index contributed by atoms with van der Waals surface area (Å²) in [4.78, 5) is 0.395. The molecule has 0 bridgehead atoms. The van der Waals surface area contributed by atoms with Crippen LogP contribution in [0.1, 0.15) is 31.4 Å². The van der Waals surface area contributed by atoms with Crippen molar-refractivity contribution in [3.8, 4) is 0 Å². The Balaban J connectivity index is 3.16. The molecule has 102 valence electrons. The summed E-state index contributed by atoms with van der Waals surface area (Å²) in [6, 6.07) is 3.76. The van der Waals surface area contributed by atoms with Gasteiger partial charge in [0.2, 0.25) is 10.0 Å². The van der Waals surface area contributed by atoms with Gasteiger partial charge in [-0.05, 0) is 43.5 Å². The summed E-state index contributed by atoms with van der Waals surface area (Å²) >= 11 is 0. The summed E-state index contributed by atoms with van der Waals surface area (Å²) < 4.78 is 26.7. The van der Waals surface area contributed by atoms with Gasteiger partial charge in [0, 0.05) is 18.8 Å². The SMILES string of the molecule is CCCNc1cc(C)c(S(=O)(=O)NCC)c(C)c1. The lowest BCUT2D eigenvalue weighted by Crippen LogP contribution is -2.24. The monoisotopic (exact) mass is 270 g/mol. The molecule has 18 heavy (non-hydrogen) atoms. The highest BCUT2D eigenvalue weighted by atomic mass is 32.2. The van der Waals surface area contributed by atoms with Gasteiger partial charge >= 0.3 is 0 Å². The Bertz CT molecular complexity index is 487. The first-order chi connectivity index (χ1) is 8.42. The summed E-state index contributed by atoms with van der Waals surface area (Å²) in [5.41, 5.74) is 2.52. The molecular formula is C13H22N2O2S. The topological polar surface area (TPSA) is 58.2 Å². The number of hydrogen-bond donors (Lipinski definition) is 2. The highest BCUT2D eigenvalue weighted by Gasteiger charge is 2.18. The molecule has 0 amide bonds. The molecule has 0 fully saturated rings. The van der Waals surface area contributed by atoms with Crippen LogP contribution in [-0.4, -0.2) is 21.5 Å². The zero-order chi connectivity index (χ0) is 13.8. The van der Waals surface area contributed by atoms with Crippen molar-refractivity contribution >= 4 is 15.7 Å². The maximum atomic E-state index is 12.1. The predicted octanol–water partition coefficient (Wildman–Crippen LogP) is 2.42. The average molecular weight is 270 g/mol. The molecule has 0 spiro atoms. The summed E-state index contributed by atoms with van der Waals surface area (Å²) in [5.74, 6) is 0. The van der Waals surface area contributed by atoms with E-state index in [2.05, 4.69) is 17.0 Å². The van der Waals surface area contributed by atoms with Gasteiger partial charge in [-0.1, -0.05) is 13.8 Å². The van der Waals surface area contributed by atoms with E-state index in [0.29, 0.717) is 11.4 Å². The molecule has 0 aliphatic carbocycles. The van der Waals surface area contributed by atoms with Crippen LogP contribution in [0.5, 0.6) is 0 Å². The van der Waals surface area contributed by atoms with Crippen LogP contribution in [0.25, 0.3) is 0 Å². The second-order valence-corrected chi connectivity index (χ2v) is 6.07. The van der Waals surface area contributed by atoms with E-state index in [9.17, 15) is 8.42 Å². The van der Waals surface area contributed by atoms with Gasteiger partial charge in [0.25, 0.3) is 0 Å². The van der Waals surface area contributed by atoms with Crippen molar-refractivity contribution in [2.24, 2.45) is 0 Å². The molecule has 0 aliphatic rings. The van der Waals surface area contributed by atoms with E-state index in [1.54, 1.807) is 6.92 Å². The molecule has 1 aromatic carbocycles. The van der Waals surface area contributed by atoms with Crippen molar-refractivity contribution in [1.29, 1.82) is 0 Å². The van der Waals surface area contributed by atoms with Crippen molar-refractivity contribution in [1.82, 2.24) is 4.72 Å². The van der Waals surface area contributed by atoms with Gasteiger partial charge in [-0.25, -0.2) is 13.1 Å². The Morgan fingerprint density at radius 2 is 1.67 bits per heavy atom. The quantitative estimate of drug-likeness (QED) is 0.834. The summed E-state index contributed by atoms with van der Waals surface area (Å²) in [5, 5.41) is 3.27. The van der Waals surface area contributed by atoms with E-state index in [4.69, 9.17) is 0 Å². The molecule has 1 aromatic rings. The van der Waals surface area contributed by atoms with Crippen LogP contribution in [-0.2, 0) is 10.0 Å². The van der Waals surface area contributed by atoms with Crippen molar-refractivity contribution in [2.75, 3.05) is 18.4 Å². The number of aryl methyl sites for hydroxylation is 2. The van der Waals surface area contributed by atoms with Gasteiger partial charge in [-0.15, -0.1) is 0 Å². The number of hydrogen-bond acceptors (Lipinski definition) is 3. The molecule has 0 saturated carbocycles. The molecule has 4 nitrogen and oxygen atoms in total. The molecule has 0 heterocycles. The zero-order valence-electron chi connectivity index (χ0n) is 11.5. The Morgan fingerprint density at radius 3 is 2.11 bits per heavy atom. The van der Waals surface area contributed by atoms with Gasteiger partial charge in [0.05, 0.1) is 4.90 Å². The van der Waals surface area contributed by atoms with Crippen LogP contribution in [0.4, 0.5) is 5.69 Å². The minimum atomic E-state index is -3.39. The molecule has 0 saturated heterocycles. The predicted molar refractivity (Wildman–Crippen MR) is 75.6 cm³/mol. The van der Waals surface area contributed by atoms with Crippen LogP contribution in [0.2, 0.25) is 0 Å². The fourth-order valence-corrected chi connectivity index (χ4v) is 3.50. The fraction of sp³-hybridized carbons (Fsp3) is 0.538. The largest absolute Gasteiger partial charge is 0.385 e. The normalized spacial score (nSPS) is 11.6. The Hall–Kier alpha value is -1.07.